The zero-order valence-corrected chi connectivity index (χ0v) is 11.4. The van der Waals surface area contributed by atoms with Gasteiger partial charge in [0.15, 0.2) is 6.10 Å². The molecule has 1 aliphatic heterocycles. The van der Waals surface area contributed by atoms with Gasteiger partial charge in [-0.15, -0.1) is 0 Å². The van der Waals surface area contributed by atoms with Crippen LogP contribution in [0.3, 0.4) is 0 Å². The number of aliphatic carboxylic acids is 1. The molecule has 0 aromatic heterocycles. The number of nitrogens with zero attached hydrogens (tertiary/aromatic N) is 1. The molecule has 2 rings (SSSR count). The molecule has 1 fully saturated rings. The first-order chi connectivity index (χ1) is 10.1. The Bertz CT molecular complexity index is 558. The van der Waals surface area contributed by atoms with Gasteiger partial charge in [0, 0.05) is 13.0 Å². The summed E-state index contributed by atoms with van der Waals surface area (Å²) in [4.78, 5) is 24.3. The van der Waals surface area contributed by atoms with Crippen molar-refractivity contribution in [1.29, 1.82) is 0 Å². The molecule has 0 bridgehead atoms. The number of carboxylic acid groups (broad SMARTS) is 1. The predicted molar refractivity (Wildman–Crippen MR) is 74.0 cm³/mol. The van der Waals surface area contributed by atoms with Gasteiger partial charge in [0.1, 0.15) is 5.82 Å². The quantitative estimate of drug-likeness (QED) is 0.914. The third-order valence-electron chi connectivity index (χ3n) is 3.15. The van der Waals surface area contributed by atoms with E-state index in [1.54, 1.807) is 24.3 Å². The van der Waals surface area contributed by atoms with Crippen LogP contribution in [0.1, 0.15) is 12.0 Å². The van der Waals surface area contributed by atoms with E-state index in [9.17, 15) is 14.0 Å². The Balaban J connectivity index is 1.88. The highest BCUT2D eigenvalue weighted by molar-refractivity contribution is 5.80. The van der Waals surface area contributed by atoms with E-state index in [0.717, 1.165) is 0 Å². The van der Waals surface area contributed by atoms with E-state index in [0.29, 0.717) is 12.1 Å². The lowest BCUT2D eigenvalue weighted by atomic mass is 10.2. The normalized spacial score (nSPS) is 18.9. The summed E-state index contributed by atoms with van der Waals surface area (Å²) in [6, 6.07) is 6.05. The van der Waals surface area contributed by atoms with Crippen LogP contribution in [-0.4, -0.2) is 47.7 Å². The number of carbonyl (C=O) groups is 2. The van der Waals surface area contributed by atoms with Gasteiger partial charge in [-0.25, -0.2) is 9.18 Å². The minimum Gasteiger partial charge on any atom is -0.479 e. The molecule has 0 radical (unpaired) electrons. The van der Waals surface area contributed by atoms with Crippen LogP contribution < -0.4 is 0 Å². The zero-order chi connectivity index (χ0) is 15.2. The lowest BCUT2D eigenvalue weighted by molar-refractivity contribution is -0.159. The van der Waals surface area contributed by atoms with Crippen LogP contribution in [0, 0.1) is 5.82 Å². The molecule has 0 saturated carbocycles. The molecule has 1 atom stereocenters. The molecule has 5 nitrogen and oxygen atoms in total. The Morgan fingerprint density at radius 1 is 1.48 bits per heavy atom. The molecule has 112 valence electrons. The number of hydrogen-bond acceptors (Lipinski definition) is 3. The van der Waals surface area contributed by atoms with E-state index >= 15 is 0 Å². The van der Waals surface area contributed by atoms with Crippen LogP contribution in [0.25, 0.3) is 6.08 Å². The highest BCUT2D eigenvalue weighted by Gasteiger charge is 2.28. The van der Waals surface area contributed by atoms with Crippen LogP contribution in [0.2, 0.25) is 0 Å². The van der Waals surface area contributed by atoms with E-state index in [1.165, 1.54) is 17.0 Å². The third-order valence-corrected chi connectivity index (χ3v) is 3.15. The SMILES string of the molecule is O=C(O)C1CN(C(=O)C/C=C/c2cccc(F)c2)CCO1. The highest BCUT2D eigenvalue weighted by Crippen LogP contribution is 2.09. The van der Waals surface area contributed by atoms with Crippen LogP contribution in [0.5, 0.6) is 0 Å². The number of morpholine rings is 1. The summed E-state index contributed by atoms with van der Waals surface area (Å²) < 4.78 is 18.0. The molecule has 1 aromatic carbocycles. The molecule has 1 aromatic rings. The molecule has 1 saturated heterocycles. The number of hydrogen-bond donors (Lipinski definition) is 1. The van der Waals surface area contributed by atoms with Crippen molar-refractivity contribution < 1.29 is 23.8 Å². The number of ether oxygens (including phenoxy) is 1. The average Bonchev–Trinajstić information content (AvgIpc) is 2.47. The Labute approximate surface area is 121 Å². The minimum absolute atomic E-state index is 0.0575. The largest absolute Gasteiger partial charge is 0.479 e. The van der Waals surface area contributed by atoms with Crippen molar-refractivity contribution in [2.24, 2.45) is 0 Å². The fourth-order valence-corrected chi connectivity index (χ4v) is 2.06. The summed E-state index contributed by atoms with van der Waals surface area (Å²) in [5.41, 5.74) is 0.674. The molecule has 1 heterocycles. The van der Waals surface area contributed by atoms with Gasteiger partial charge in [-0.1, -0.05) is 24.3 Å². The number of amides is 1. The van der Waals surface area contributed by atoms with E-state index in [2.05, 4.69) is 0 Å². The van der Waals surface area contributed by atoms with Crippen LogP contribution in [0.15, 0.2) is 30.3 Å². The smallest absolute Gasteiger partial charge is 0.334 e. The molecule has 6 heteroatoms. The summed E-state index contributed by atoms with van der Waals surface area (Å²) in [7, 11) is 0. The van der Waals surface area contributed by atoms with Crippen LogP contribution in [-0.2, 0) is 14.3 Å². The molecular weight excluding hydrogens is 277 g/mol. The van der Waals surface area contributed by atoms with Crippen molar-refractivity contribution in [2.75, 3.05) is 19.7 Å². The van der Waals surface area contributed by atoms with Gasteiger partial charge in [0.2, 0.25) is 5.91 Å². The number of rotatable bonds is 4. The molecule has 1 aliphatic rings. The molecule has 0 aliphatic carbocycles. The summed E-state index contributed by atoms with van der Waals surface area (Å²) in [5.74, 6) is -1.57. The molecular formula is C15H16FNO4. The molecule has 1 amide bonds. The molecule has 21 heavy (non-hydrogen) atoms. The van der Waals surface area contributed by atoms with Gasteiger partial charge in [0.05, 0.1) is 13.2 Å². The average molecular weight is 293 g/mol. The van der Waals surface area contributed by atoms with Gasteiger partial charge >= 0.3 is 5.97 Å². The minimum atomic E-state index is -1.07. The maximum atomic E-state index is 13.0. The first-order valence-corrected chi connectivity index (χ1v) is 6.60. The molecule has 1 N–H and O–H groups in total. The van der Waals surface area contributed by atoms with Gasteiger partial charge in [-0.2, -0.15) is 0 Å². The maximum Gasteiger partial charge on any atom is 0.334 e. The second kappa shape index (κ2) is 6.99. The highest BCUT2D eigenvalue weighted by atomic mass is 19.1. The summed E-state index contributed by atoms with van der Waals surface area (Å²) in [6.07, 6.45) is 2.48. The Hall–Kier alpha value is -2.21. The lowest BCUT2D eigenvalue weighted by Gasteiger charge is -2.30. The fraction of sp³-hybridized carbons (Fsp3) is 0.333. The number of carboxylic acids is 1. The first-order valence-electron chi connectivity index (χ1n) is 6.60. The van der Waals surface area contributed by atoms with Crippen molar-refractivity contribution in [3.05, 3.63) is 41.7 Å². The first kappa shape index (κ1) is 15.2. The number of benzene rings is 1. The second-order valence-electron chi connectivity index (χ2n) is 4.70. The number of halogens is 1. The van der Waals surface area contributed by atoms with E-state index in [1.807, 2.05) is 0 Å². The predicted octanol–water partition coefficient (Wildman–Crippen LogP) is 1.54. The summed E-state index contributed by atoms with van der Waals surface area (Å²) in [6.45, 7) is 0.661. The standard InChI is InChI=1S/C15H16FNO4/c16-12-5-1-3-11(9-12)4-2-6-14(18)17-7-8-21-13(10-17)15(19)20/h1-5,9,13H,6-8,10H2,(H,19,20)/b4-2+. The second-order valence-corrected chi connectivity index (χ2v) is 4.70. The maximum absolute atomic E-state index is 13.0. The Morgan fingerprint density at radius 3 is 3.00 bits per heavy atom. The van der Waals surface area contributed by atoms with E-state index < -0.39 is 12.1 Å². The third kappa shape index (κ3) is 4.39. The topological polar surface area (TPSA) is 66.8 Å². The van der Waals surface area contributed by atoms with E-state index in [-0.39, 0.29) is 31.3 Å². The summed E-state index contributed by atoms with van der Waals surface area (Å²) >= 11 is 0. The number of carbonyl (C=O) groups excluding carboxylic acids is 1. The Kier molecular flexibility index (Phi) is 5.05. The van der Waals surface area contributed by atoms with E-state index in [4.69, 9.17) is 9.84 Å². The molecule has 0 spiro atoms. The monoisotopic (exact) mass is 293 g/mol. The zero-order valence-electron chi connectivity index (χ0n) is 11.4. The Morgan fingerprint density at radius 2 is 2.29 bits per heavy atom. The van der Waals surface area contributed by atoms with Crippen molar-refractivity contribution in [1.82, 2.24) is 4.90 Å². The summed E-state index contributed by atoms with van der Waals surface area (Å²) in [5, 5.41) is 8.88. The molecule has 1 unspecified atom stereocenters. The van der Waals surface area contributed by atoms with Crippen molar-refractivity contribution in [3.8, 4) is 0 Å². The van der Waals surface area contributed by atoms with Crippen molar-refractivity contribution in [2.45, 2.75) is 12.5 Å². The van der Waals surface area contributed by atoms with Crippen molar-refractivity contribution in [3.63, 3.8) is 0 Å². The lowest BCUT2D eigenvalue weighted by Crippen LogP contribution is -2.48. The van der Waals surface area contributed by atoms with Gasteiger partial charge in [0.25, 0.3) is 0 Å². The van der Waals surface area contributed by atoms with Crippen LogP contribution in [0.4, 0.5) is 4.39 Å². The van der Waals surface area contributed by atoms with Gasteiger partial charge in [-0.05, 0) is 17.7 Å². The van der Waals surface area contributed by atoms with Gasteiger partial charge in [-0.3, -0.25) is 4.79 Å². The fourth-order valence-electron chi connectivity index (χ4n) is 2.06. The van der Waals surface area contributed by atoms with Crippen LogP contribution >= 0.6 is 0 Å². The van der Waals surface area contributed by atoms with Gasteiger partial charge < -0.3 is 14.7 Å². The van der Waals surface area contributed by atoms with Crippen molar-refractivity contribution >= 4 is 18.0 Å².